The van der Waals surface area contributed by atoms with Gasteiger partial charge in [0.25, 0.3) is 0 Å². The van der Waals surface area contributed by atoms with Gasteiger partial charge in [-0.3, -0.25) is 0 Å². The van der Waals surface area contributed by atoms with Crippen LogP contribution in [-0.4, -0.2) is 12.0 Å². The van der Waals surface area contributed by atoms with Crippen LogP contribution in [0.25, 0.3) is 0 Å². The molecule has 0 saturated heterocycles. The average Bonchev–Trinajstić information content (AvgIpc) is 2.39. The van der Waals surface area contributed by atoms with Crippen molar-refractivity contribution >= 4 is 11.6 Å². The van der Waals surface area contributed by atoms with E-state index in [0.717, 1.165) is 17.8 Å². The van der Waals surface area contributed by atoms with E-state index in [1.165, 1.54) is 0 Å². The monoisotopic (exact) mass is 262 g/mol. The maximum atomic E-state index is 6.06. The fourth-order valence-electron chi connectivity index (χ4n) is 1.58. The van der Waals surface area contributed by atoms with Crippen LogP contribution in [-0.2, 0) is 13.2 Å². The molecule has 94 valence electrons. The highest BCUT2D eigenvalue weighted by Gasteiger charge is 2.02. The molecule has 0 aliphatic heterocycles. The molecule has 0 aliphatic rings. The van der Waals surface area contributed by atoms with Crippen molar-refractivity contribution in [3.63, 3.8) is 0 Å². The van der Waals surface area contributed by atoms with Crippen LogP contribution in [0, 0.1) is 0 Å². The second kappa shape index (κ2) is 6.38. The van der Waals surface area contributed by atoms with Crippen molar-refractivity contribution in [3.8, 4) is 5.88 Å². The Hall–Kier alpha value is -1.58. The highest BCUT2D eigenvalue weighted by Crippen LogP contribution is 2.17. The summed E-state index contributed by atoms with van der Waals surface area (Å²) >= 11 is 6.06. The third-order valence-corrected chi connectivity index (χ3v) is 2.84. The van der Waals surface area contributed by atoms with E-state index in [9.17, 15) is 0 Å². The summed E-state index contributed by atoms with van der Waals surface area (Å²) in [6, 6.07) is 13.4. The highest BCUT2D eigenvalue weighted by molar-refractivity contribution is 6.31. The van der Waals surface area contributed by atoms with Crippen LogP contribution in [0.15, 0.2) is 42.5 Å². The Bertz CT molecular complexity index is 517. The highest BCUT2D eigenvalue weighted by atomic mass is 35.5. The lowest BCUT2D eigenvalue weighted by Gasteiger charge is -2.08. The van der Waals surface area contributed by atoms with Crippen molar-refractivity contribution in [1.29, 1.82) is 0 Å². The fourth-order valence-corrected chi connectivity index (χ4v) is 1.77. The fraction of sp³-hybridized carbons (Fsp3) is 0.214. The molecule has 0 saturated carbocycles. The van der Waals surface area contributed by atoms with Gasteiger partial charge in [-0.2, -0.15) is 0 Å². The number of nitrogens with one attached hydrogen (secondary N) is 1. The predicted octanol–water partition coefficient (Wildman–Crippen LogP) is 3.03. The molecule has 1 N–H and O–H groups in total. The molecule has 0 bridgehead atoms. The molecule has 2 aromatic rings. The zero-order chi connectivity index (χ0) is 12.8. The van der Waals surface area contributed by atoms with E-state index in [0.29, 0.717) is 17.5 Å². The summed E-state index contributed by atoms with van der Waals surface area (Å²) in [5.74, 6) is 0.614. The first-order valence-corrected chi connectivity index (χ1v) is 6.14. The molecule has 4 heteroatoms. The third-order valence-electron chi connectivity index (χ3n) is 2.47. The number of hydrogen-bond acceptors (Lipinski definition) is 3. The smallest absolute Gasteiger partial charge is 0.213 e. The van der Waals surface area contributed by atoms with Crippen molar-refractivity contribution < 1.29 is 4.74 Å². The Morgan fingerprint density at radius 1 is 1.17 bits per heavy atom. The van der Waals surface area contributed by atoms with Crippen molar-refractivity contribution in [2.45, 2.75) is 13.2 Å². The van der Waals surface area contributed by atoms with E-state index >= 15 is 0 Å². The number of rotatable bonds is 5. The molecule has 1 heterocycles. The molecular formula is C14H15ClN2O. The number of hydrogen-bond donors (Lipinski definition) is 1. The largest absolute Gasteiger partial charge is 0.473 e. The summed E-state index contributed by atoms with van der Waals surface area (Å²) in [5.41, 5.74) is 1.91. The van der Waals surface area contributed by atoms with Crippen LogP contribution in [0.4, 0.5) is 0 Å². The van der Waals surface area contributed by atoms with Crippen LogP contribution in [0.1, 0.15) is 11.3 Å². The van der Waals surface area contributed by atoms with Crippen molar-refractivity contribution in [3.05, 3.63) is 58.7 Å². The van der Waals surface area contributed by atoms with Gasteiger partial charge in [0.05, 0.1) is 5.69 Å². The molecule has 0 radical (unpaired) electrons. The van der Waals surface area contributed by atoms with Crippen molar-refractivity contribution in [2.24, 2.45) is 0 Å². The van der Waals surface area contributed by atoms with Crippen molar-refractivity contribution in [2.75, 3.05) is 7.05 Å². The Morgan fingerprint density at radius 3 is 2.78 bits per heavy atom. The van der Waals surface area contributed by atoms with Gasteiger partial charge >= 0.3 is 0 Å². The first kappa shape index (κ1) is 12.9. The van der Waals surface area contributed by atoms with E-state index in [1.807, 2.05) is 49.5 Å². The molecule has 1 aromatic heterocycles. The molecule has 1 aromatic carbocycles. The number of nitrogens with zero attached hydrogens (tertiary/aromatic N) is 1. The third kappa shape index (κ3) is 3.45. The SMILES string of the molecule is CNCc1cccc(OCc2ccccc2Cl)n1. The standard InChI is InChI=1S/C14H15ClN2O/c1-16-9-12-6-4-8-14(17-12)18-10-11-5-2-3-7-13(11)15/h2-8,16H,9-10H2,1H3. The molecule has 0 aliphatic carbocycles. The van der Waals surface area contributed by atoms with E-state index in [-0.39, 0.29) is 0 Å². The molecule has 2 rings (SSSR count). The van der Waals surface area contributed by atoms with Crippen LogP contribution in [0.2, 0.25) is 5.02 Å². The minimum absolute atomic E-state index is 0.426. The van der Waals surface area contributed by atoms with Gasteiger partial charge in [-0.05, 0) is 19.2 Å². The molecule has 18 heavy (non-hydrogen) atoms. The zero-order valence-corrected chi connectivity index (χ0v) is 10.9. The lowest BCUT2D eigenvalue weighted by atomic mass is 10.2. The first-order valence-electron chi connectivity index (χ1n) is 5.76. The van der Waals surface area contributed by atoms with Crippen LogP contribution in [0.5, 0.6) is 5.88 Å². The van der Waals surface area contributed by atoms with Gasteiger partial charge in [0.2, 0.25) is 5.88 Å². The number of pyridine rings is 1. The average molecular weight is 263 g/mol. The predicted molar refractivity (Wildman–Crippen MR) is 72.8 cm³/mol. The summed E-state index contributed by atoms with van der Waals surface area (Å²) < 4.78 is 5.64. The summed E-state index contributed by atoms with van der Waals surface area (Å²) in [5, 5.41) is 3.77. The molecular weight excluding hydrogens is 248 g/mol. The molecule has 0 spiro atoms. The Balaban J connectivity index is 2.02. The lowest BCUT2D eigenvalue weighted by molar-refractivity contribution is 0.293. The second-order valence-electron chi connectivity index (χ2n) is 3.88. The van der Waals surface area contributed by atoms with E-state index in [1.54, 1.807) is 0 Å². The Kier molecular flexibility index (Phi) is 4.56. The molecule has 0 fully saturated rings. The van der Waals surface area contributed by atoms with Crippen molar-refractivity contribution in [1.82, 2.24) is 10.3 Å². The maximum Gasteiger partial charge on any atom is 0.213 e. The Labute approximate surface area is 112 Å². The van der Waals surface area contributed by atoms with Gasteiger partial charge < -0.3 is 10.1 Å². The van der Waals surface area contributed by atoms with Gasteiger partial charge in [0.15, 0.2) is 0 Å². The quantitative estimate of drug-likeness (QED) is 0.899. The van der Waals surface area contributed by atoms with E-state index in [4.69, 9.17) is 16.3 Å². The number of ether oxygens (including phenoxy) is 1. The van der Waals surface area contributed by atoms with E-state index < -0.39 is 0 Å². The molecule has 3 nitrogen and oxygen atoms in total. The van der Waals surface area contributed by atoms with Crippen LogP contribution < -0.4 is 10.1 Å². The lowest BCUT2D eigenvalue weighted by Crippen LogP contribution is -2.07. The normalized spacial score (nSPS) is 10.3. The Morgan fingerprint density at radius 2 is 2.00 bits per heavy atom. The minimum atomic E-state index is 0.426. The topological polar surface area (TPSA) is 34.1 Å². The maximum absolute atomic E-state index is 6.06. The summed E-state index contributed by atoms with van der Waals surface area (Å²) in [4.78, 5) is 4.38. The minimum Gasteiger partial charge on any atom is -0.473 e. The molecule has 0 unspecified atom stereocenters. The number of halogens is 1. The first-order chi connectivity index (χ1) is 8.79. The van der Waals surface area contributed by atoms with Crippen LogP contribution in [0.3, 0.4) is 0 Å². The summed E-state index contributed by atoms with van der Waals surface area (Å²) in [6.45, 7) is 1.15. The van der Waals surface area contributed by atoms with Gasteiger partial charge in [0, 0.05) is 23.2 Å². The van der Waals surface area contributed by atoms with Crippen LogP contribution >= 0.6 is 11.6 Å². The van der Waals surface area contributed by atoms with Gasteiger partial charge in [0.1, 0.15) is 6.61 Å². The van der Waals surface area contributed by atoms with Gasteiger partial charge in [-0.1, -0.05) is 35.9 Å². The molecule has 0 amide bonds. The van der Waals surface area contributed by atoms with Gasteiger partial charge in [-0.15, -0.1) is 0 Å². The van der Waals surface area contributed by atoms with Gasteiger partial charge in [-0.25, -0.2) is 4.98 Å². The number of aromatic nitrogens is 1. The summed E-state index contributed by atoms with van der Waals surface area (Å²) in [7, 11) is 1.89. The van der Waals surface area contributed by atoms with E-state index in [2.05, 4.69) is 10.3 Å². The second-order valence-corrected chi connectivity index (χ2v) is 4.28. The zero-order valence-electron chi connectivity index (χ0n) is 10.2. The number of benzene rings is 1. The molecule has 0 atom stereocenters. The summed E-state index contributed by atoms with van der Waals surface area (Å²) in [6.07, 6.45) is 0.